The maximum atomic E-state index is 13.8. The molecular weight excluding hydrogens is 318 g/mol. The summed E-state index contributed by atoms with van der Waals surface area (Å²) < 4.78 is 32.3. The van der Waals surface area contributed by atoms with Crippen LogP contribution in [0.4, 0.5) is 14.5 Å². The van der Waals surface area contributed by atoms with Crippen LogP contribution in [0, 0.1) is 16.5 Å². The van der Waals surface area contributed by atoms with Gasteiger partial charge in [-0.25, -0.2) is 13.8 Å². The number of ether oxygens (including phenoxy) is 1. The lowest BCUT2D eigenvalue weighted by Crippen LogP contribution is -2.34. The summed E-state index contributed by atoms with van der Waals surface area (Å²) in [7, 11) is 1.16. The van der Waals surface area contributed by atoms with Crippen molar-refractivity contribution in [1.29, 1.82) is 0 Å². The van der Waals surface area contributed by atoms with Crippen LogP contribution in [0.3, 0.4) is 0 Å². The van der Waals surface area contributed by atoms with Crippen molar-refractivity contribution in [2.24, 2.45) is 11.0 Å². The van der Waals surface area contributed by atoms with Crippen LogP contribution in [0.2, 0.25) is 0 Å². The van der Waals surface area contributed by atoms with Gasteiger partial charge in [0.05, 0.1) is 24.6 Å². The first-order valence-corrected chi connectivity index (χ1v) is 7.19. The molecule has 0 radical (unpaired) electrons. The van der Waals surface area contributed by atoms with Crippen LogP contribution < -0.4 is 15.5 Å². The number of nitrogens with two attached hydrogens (primary N) is 1. The maximum Gasteiger partial charge on any atom is 0.190 e. The fraction of sp³-hybridized carbons (Fsp3) is 0.250. The number of halogens is 2. The average molecular weight is 336 g/mol. The molecule has 1 atom stereocenters. The molecule has 1 unspecified atom stereocenters. The van der Waals surface area contributed by atoms with Crippen molar-refractivity contribution in [3.63, 3.8) is 0 Å². The van der Waals surface area contributed by atoms with Crippen molar-refractivity contribution >= 4 is 5.69 Å². The van der Waals surface area contributed by atoms with Gasteiger partial charge in [-0.1, -0.05) is 12.2 Å². The van der Waals surface area contributed by atoms with Crippen LogP contribution in [0.15, 0.2) is 53.7 Å². The molecule has 0 aromatic heterocycles. The highest BCUT2D eigenvalue weighted by Crippen LogP contribution is 2.29. The van der Waals surface area contributed by atoms with E-state index in [9.17, 15) is 13.7 Å². The van der Waals surface area contributed by atoms with Gasteiger partial charge in [0, 0.05) is 36.3 Å². The second-order valence-corrected chi connectivity index (χ2v) is 5.11. The van der Waals surface area contributed by atoms with Gasteiger partial charge in [0.1, 0.15) is 0 Å². The Hall–Kier alpha value is -2.90. The number of nitrogens with zero attached hydrogens (tertiary/aromatic N) is 3. The summed E-state index contributed by atoms with van der Waals surface area (Å²) in [5, 5.41) is 3.83. The smallest absolute Gasteiger partial charge is 0.190 e. The molecule has 0 spiro atoms. The zero-order chi connectivity index (χ0) is 17.7. The van der Waals surface area contributed by atoms with E-state index in [4.69, 9.17) is 5.73 Å². The molecular formula is C16H18F2N4O2. The number of anilines is 1. The number of allylic oxidation sites excluding steroid dienone is 2. The second-order valence-electron chi connectivity index (χ2n) is 5.11. The molecule has 128 valence electrons. The summed E-state index contributed by atoms with van der Waals surface area (Å²) >= 11 is 0. The molecule has 24 heavy (non-hydrogen) atoms. The minimum atomic E-state index is -0.911. The van der Waals surface area contributed by atoms with Gasteiger partial charge in [-0.2, -0.15) is 0 Å². The maximum absolute atomic E-state index is 13.8. The molecule has 1 aromatic rings. The molecule has 0 amide bonds. The Bertz CT molecular complexity index is 680. The summed E-state index contributed by atoms with van der Waals surface area (Å²) in [6.45, 7) is 1.96. The van der Waals surface area contributed by atoms with E-state index < -0.39 is 17.4 Å². The van der Waals surface area contributed by atoms with Gasteiger partial charge < -0.3 is 15.4 Å². The van der Waals surface area contributed by atoms with Crippen LogP contribution in [0.5, 0.6) is 5.75 Å². The van der Waals surface area contributed by atoms with Crippen molar-refractivity contribution in [1.82, 2.24) is 4.90 Å². The minimum absolute atomic E-state index is 0.0133. The van der Waals surface area contributed by atoms with Crippen molar-refractivity contribution in [3.8, 4) is 5.75 Å². The Labute approximate surface area is 138 Å². The number of hydrogen-bond acceptors (Lipinski definition) is 5. The van der Waals surface area contributed by atoms with E-state index in [0.29, 0.717) is 5.70 Å². The summed E-state index contributed by atoms with van der Waals surface area (Å²) in [5.41, 5.74) is 6.13. The van der Waals surface area contributed by atoms with Crippen molar-refractivity contribution in [2.45, 2.75) is 13.0 Å². The van der Waals surface area contributed by atoms with Gasteiger partial charge in [-0.05, 0) is 13.0 Å². The Morgan fingerprint density at radius 1 is 1.42 bits per heavy atom. The quantitative estimate of drug-likeness (QED) is 0.639. The first-order valence-electron chi connectivity index (χ1n) is 7.19. The van der Waals surface area contributed by atoms with Crippen molar-refractivity contribution in [2.75, 3.05) is 18.7 Å². The zero-order valence-corrected chi connectivity index (χ0v) is 13.3. The predicted octanol–water partition coefficient (Wildman–Crippen LogP) is 3.04. The second kappa shape index (κ2) is 7.58. The van der Waals surface area contributed by atoms with E-state index in [2.05, 4.69) is 10.0 Å². The molecule has 0 aliphatic carbocycles. The third kappa shape index (κ3) is 3.53. The molecule has 0 saturated carbocycles. The Balaban J connectivity index is 2.31. The van der Waals surface area contributed by atoms with Crippen LogP contribution in [0.1, 0.15) is 6.92 Å². The molecule has 2 rings (SSSR count). The minimum Gasteiger partial charge on any atom is -0.491 e. The number of benzene rings is 1. The molecule has 1 aliphatic rings. The van der Waals surface area contributed by atoms with Gasteiger partial charge in [-0.15, -0.1) is 4.91 Å². The summed E-state index contributed by atoms with van der Waals surface area (Å²) in [6, 6.07) is 2.01. The standard InChI is InChI=1S/C16H18F2N4O2/c1-11-4-3-5-12(21(11)7-6-19)10-22(20-23)13-8-14(17)16(24-2)15(18)9-13/h3-9,11H,10,19H2,1-2H3/b7-6-. The molecule has 2 N–H and O–H groups in total. The lowest BCUT2D eigenvalue weighted by molar-refractivity contribution is 0.359. The van der Waals surface area contributed by atoms with Gasteiger partial charge in [0.25, 0.3) is 0 Å². The van der Waals surface area contributed by atoms with Gasteiger partial charge >= 0.3 is 0 Å². The summed E-state index contributed by atoms with van der Waals surface area (Å²) in [4.78, 5) is 13.0. The van der Waals surface area contributed by atoms with E-state index in [0.717, 1.165) is 24.3 Å². The first kappa shape index (κ1) is 17.5. The van der Waals surface area contributed by atoms with Crippen LogP contribution >= 0.6 is 0 Å². The predicted molar refractivity (Wildman–Crippen MR) is 87.9 cm³/mol. The number of hydrogen-bond donors (Lipinski definition) is 1. The summed E-state index contributed by atoms with van der Waals surface area (Å²) in [6.07, 6.45) is 8.56. The molecule has 0 bridgehead atoms. The highest BCUT2D eigenvalue weighted by atomic mass is 19.1. The molecule has 1 heterocycles. The average Bonchev–Trinajstić information content (AvgIpc) is 2.55. The normalized spacial score (nSPS) is 17.1. The van der Waals surface area contributed by atoms with Crippen molar-refractivity contribution < 1.29 is 13.5 Å². The molecule has 6 nitrogen and oxygen atoms in total. The number of rotatable bonds is 6. The van der Waals surface area contributed by atoms with E-state index >= 15 is 0 Å². The van der Waals surface area contributed by atoms with E-state index in [1.165, 1.54) is 6.20 Å². The van der Waals surface area contributed by atoms with Crippen LogP contribution in [-0.2, 0) is 0 Å². The zero-order valence-electron chi connectivity index (χ0n) is 13.3. The fourth-order valence-corrected chi connectivity index (χ4v) is 2.44. The molecule has 1 aromatic carbocycles. The Morgan fingerprint density at radius 2 is 2.08 bits per heavy atom. The molecule has 1 aliphatic heterocycles. The number of methoxy groups -OCH3 is 1. The van der Waals surface area contributed by atoms with E-state index in [-0.39, 0.29) is 18.3 Å². The monoisotopic (exact) mass is 336 g/mol. The molecule has 8 heteroatoms. The lowest BCUT2D eigenvalue weighted by Gasteiger charge is -2.32. The molecule has 0 fully saturated rings. The summed E-state index contributed by atoms with van der Waals surface area (Å²) in [5.74, 6) is -2.33. The number of nitroso groups, excluding NO2 is 1. The Morgan fingerprint density at radius 3 is 2.62 bits per heavy atom. The van der Waals surface area contributed by atoms with Gasteiger partial charge in [0.2, 0.25) is 0 Å². The fourth-order valence-electron chi connectivity index (χ4n) is 2.44. The molecule has 0 saturated heterocycles. The van der Waals surface area contributed by atoms with E-state index in [1.54, 1.807) is 12.3 Å². The first-order chi connectivity index (χ1) is 11.5. The van der Waals surface area contributed by atoms with Gasteiger partial charge in [-0.3, -0.25) is 0 Å². The van der Waals surface area contributed by atoms with Crippen LogP contribution in [-0.4, -0.2) is 24.6 Å². The topological polar surface area (TPSA) is 71.2 Å². The third-order valence-electron chi connectivity index (χ3n) is 3.59. The third-order valence-corrected chi connectivity index (χ3v) is 3.59. The highest BCUT2D eigenvalue weighted by Gasteiger charge is 2.21. The van der Waals surface area contributed by atoms with E-state index in [1.807, 2.05) is 24.0 Å². The SMILES string of the molecule is COc1c(F)cc(N(CC2=CC=CC(C)N2/C=C\N)N=O)cc1F. The van der Waals surface area contributed by atoms with Gasteiger partial charge in [0.15, 0.2) is 17.4 Å². The Kier molecular flexibility index (Phi) is 5.51. The van der Waals surface area contributed by atoms with Crippen LogP contribution in [0.25, 0.3) is 0 Å². The van der Waals surface area contributed by atoms with Crippen molar-refractivity contribution in [3.05, 3.63) is 65.0 Å². The lowest BCUT2D eigenvalue weighted by atomic mass is 10.1. The highest BCUT2D eigenvalue weighted by molar-refractivity contribution is 5.51. The largest absolute Gasteiger partial charge is 0.491 e.